The van der Waals surface area contributed by atoms with Crippen LogP contribution in [-0.4, -0.2) is 4.98 Å². The summed E-state index contributed by atoms with van der Waals surface area (Å²) < 4.78 is 0.876. The van der Waals surface area contributed by atoms with Gasteiger partial charge in [-0.3, -0.25) is 0 Å². The molecule has 1 nitrogen and oxygen atoms in total. The van der Waals surface area contributed by atoms with E-state index >= 15 is 0 Å². The largest absolute Gasteiger partial charge is 0.240 e. The predicted molar refractivity (Wildman–Crippen MR) is 84.5 cm³/mol. The molecule has 0 fully saturated rings. The summed E-state index contributed by atoms with van der Waals surface area (Å²) in [5, 5.41) is 6.19. The molecule has 0 aliphatic heterocycles. The molecule has 1 aromatic heterocycles. The third-order valence-electron chi connectivity index (χ3n) is 3.55. The lowest BCUT2D eigenvalue weighted by Crippen LogP contribution is -1.84. The molecule has 19 heavy (non-hydrogen) atoms. The Hall–Kier alpha value is -1.93. The van der Waals surface area contributed by atoms with Gasteiger partial charge in [-0.05, 0) is 38.2 Å². The number of halogens is 1. The van der Waals surface area contributed by atoms with E-state index in [0.29, 0.717) is 0 Å². The van der Waals surface area contributed by atoms with E-state index in [1.165, 1.54) is 26.9 Å². The van der Waals surface area contributed by atoms with E-state index < -0.39 is 0 Å². The summed E-state index contributed by atoms with van der Waals surface area (Å²) in [5.41, 5.74) is 1.05. The molecule has 2 heteroatoms. The van der Waals surface area contributed by atoms with Gasteiger partial charge in [0.25, 0.3) is 0 Å². The Labute approximate surface area is 119 Å². The van der Waals surface area contributed by atoms with Gasteiger partial charge in [0.1, 0.15) is 4.60 Å². The Balaban J connectivity index is 2.28. The second kappa shape index (κ2) is 4.04. The maximum Gasteiger partial charge on any atom is 0.106 e. The molecule has 4 aromatic rings. The zero-order valence-electron chi connectivity index (χ0n) is 10.1. The fourth-order valence-corrected chi connectivity index (χ4v) is 2.96. The van der Waals surface area contributed by atoms with E-state index in [4.69, 9.17) is 0 Å². The summed E-state index contributed by atoms with van der Waals surface area (Å²) in [6.45, 7) is 0. The summed E-state index contributed by atoms with van der Waals surface area (Å²) in [4.78, 5) is 4.63. The van der Waals surface area contributed by atoms with Crippen molar-refractivity contribution in [1.82, 2.24) is 4.98 Å². The van der Waals surface area contributed by atoms with Crippen LogP contribution in [-0.2, 0) is 0 Å². The molecule has 0 amide bonds. The van der Waals surface area contributed by atoms with Crippen LogP contribution in [0.4, 0.5) is 0 Å². The second-order valence-corrected chi connectivity index (χ2v) is 5.47. The van der Waals surface area contributed by atoms with E-state index in [9.17, 15) is 0 Å². The first-order chi connectivity index (χ1) is 9.33. The van der Waals surface area contributed by atoms with Crippen molar-refractivity contribution >= 4 is 48.4 Å². The fraction of sp³-hybridized carbons (Fsp3) is 0. The Kier molecular flexibility index (Phi) is 2.32. The van der Waals surface area contributed by atoms with E-state index in [1.807, 2.05) is 6.07 Å². The molecule has 0 N–H and O–H groups in total. The van der Waals surface area contributed by atoms with Crippen molar-refractivity contribution in [3.63, 3.8) is 0 Å². The van der Waals surface area contributed by atoms with E-state index in [1.54, 1.807) is 0 Å². The van der Waals surface area contributed by atoms with Gasteiger partial charge in [-0.25, -0.2) is 4.98 Å². The minimum absolute atomic E-state index is 0.876. The first-order valence-electron chi connectivity index (χ1n) is 6.20. The van der Waals surface area contributed by atoms with Crippen LogP contribution in [0.3, 0.4) is 0 Å². The van der Waals surface area contributed by atoms with Crippen LogP contribution in [0.15, 0.2) is 65.3 Å². The average Bonchev–Trinajstić information content (AvgIpc) is 2.46. The third-order valence-corrected chi connectivity index (χ3v) is 3.99. The van der Waals surface area contributed by atoms with Crippen molar-refractivity contribution in [3.05, 3.63) is 65.3 Å². The average molecular weight is 308 g/mol. The molecule has 0 unspecified atom stereocenters. The number of benzene rings is 3. The SMILES string of the molecule is Brc1ccc2ccc3c4ccccc4ccc3c2n1. The van der Waals surface area contributed by atoms with Gasteiger partial charge in [0.15, 0.2) is 0 Å². The predicted octanol–water partition coefficient (Wildman–Crippen LogP) is 5.30. The first-order valence-corrected chi connectivity index (χ1v) is 6.99. The highest BCUT2D eigenvalue weighted by Crippen LogP contribution is 2.30. The minimum atomic E-state index is 0.876. The smallest absolute Gasteiger partial charge is 0.106 e. The molecule has 0 saturated heterocycles. The van der Waals surface area contributed by atoms with Crippen molar-refractivity contribution in [3.8, 4) is 0 Å². The molecule has 0 saturated carbocycles. The van der Waals surface area contributed by atoms with Gasteiger partial charge in [-0.2, -0.15) is 0 Å². The Morgan fingerprint density at radius 3 is 2.32 bits per heavy atom. The van der Waals surface area contributed by atoms with Crippen LogP contribution in [0.5, 0.6) is 0 Å². The molecule has 90 valence electrons. The monoisotopic (exact) mass is 307 g/mol. The highest BCUT2D eigenvalue weighted by atomic mass is 79.9. The lowest BCUT2D eigenvalue weighted by Gasteiger charge is -2.07. The number of nitrogens with zero attached hydrogens (tertiary/aromatic N) is 1. The molecule has 0 radical (unpaired) electrons. The molecule has 0 atom stereocenters. The second-order valence-electron chi connectivity index (χ2n) is 4.65. The zero-order chi connectivity index (χ0) is 12.8. The zero-order valence-corrected chi connectivity index (χ0v) is 11.7. The molecule has 3 aromatic carbocycles. The topological polar surface area (TPSA) is 12.9 Å². The quantitative estimate of drug-likeness (QED) is 0.317. The van der Waals surface area contributed by atoms with Gasteiger partial charge in [0.2, 0.25) is 0 Å². The van der Waals surface area contributed by atoms with E-state index in [2.05, 4.69) is 75.5 Å². The Bertz CT molecular complexity index is 928. The maximum absolute atomic E-state index is 4.63. The standard InChI is InChI=1S/C17H10BrN/c18-16-10-7-12-6-8-14-13-4-2-1-3-11(13)5-9-15(14)17(12)19-16/h1-10H. The van der Waals surface area contributed by atoms with Crippen molar-refractivity contribution in [1.29, 1.82) is 0 Å². The molecule has 0 bridgehead atoms. The van der Waals surface area contributed by atoms with Gasteiger partial charge < -0.3 is 0 Å². The van der Waals surface area contributed by atoms with Crippen LogP contribution in [0.1, 0.15) is 0 Å². The van der Waals surface area contributed by atoms with Crippen molar-refractivity contribution < 1.29 is 0 Å². The first kappa shape index (κ1) is 10.9. The maximum atomic E-state index is 4.63. The molecule has 0 spiro atoms. The number of hydrogen-bond donors (Lipinski definition) is 0. The van der Waals surface area contributed by atoms with Gasteiger partial charge >= 0.3 is 0 Å². The third kappa shape index (κ3) is 1.64. The normalized spacial score (nSPS) is 11.4. The number of hydrogen-bond acceptors (Lipinski definition) is 1. The highest BCUT2D eigenvalue weighted by molar-refractivity contribution is 9.10. The lowest BCUT2D eigenvalue weighted by atomic mass is 10.00. The molecule has 0 aliphatic carbocycles. The van der Waals surface area contributed by atoms with Crippen LogP contribution in [0.25, 0.3) is 32.4 Å². The van der Waals surface area contributed by atoms with Gasteiger partial charge in [-0.15, -0.1) is 0 Å². The van der Waals surface area contributed by atoms with Crippen LogP contribution in [0, 0.1) is 0 Å². The number of pyridine rings is 1. The van der Waals surface area contributed by atoms with Crippen molar-refractivity contribution in [2.24, 2.45) is 0 Å². The van der Waals surface area contributed by atoms with Crippen LogP contribution in [0.2, 0.25) is 0 Å². The Morgan fingerprint density at radius 2 is 1.37 bits per heavy atom. The molecule has 0 aliphatic rings. The van der Waals surface area contributed by atoms with Gasteiger partial charge in [0, 0.05) is 10.8 Å². The van der Waals surface area contributed by atoms with Crippen LogP contribution >= 0.6 is 15.9 Å². The van der Waals surface area contributed by atoms with Crippen LogP contribution < -0.4 is 0 Å². The van der Waals surface area contributed by atoms with E-state index in [-0.39, 0.29) is 0 Å². The molecular weight excluding hydrogens is 298 g/mol. The van der Waals surface area contributed by atoms with Gasteiger partial charge in [-0.1, -0.05) is 54.6 Å². The number of fused-ring (bicyclic) bond motifs is 5. The molecule has 4 rings (SSSR count). The number of rotatable bonds is 0. The highest BCUT2D eigenvalue weighted by Gasteiger charge is 2.05. The fourth-order valence-electron chi connectivity index (χ4n) is 2.65. The summed E-state index contributed by atoms with van der Waals surface area (Å²) in [6, 6.07) is 21.2. The Morgan fingerprint density at radius 1 is 0.632 bits per heavy atom. The lowest BCUT2D eigenvalue weighted by molar-refractivity contribution is 1.36. The molecular formula is C17H10BrN. The minimum Gasteiger partial charge on any atom is -0.240 e. The summed E-state index contributed by atoms with van der Waals surface area (Å²) in [5.74, 6) is 0. The summed E-state index contributed by atoms with van der Waals surface area (Å²) in [7, 11) is 0. The molecule has 1 heterocycles. The summed E-state index contributed by atoms with van der Waals surface area (Å²) >= 11 is 3.46. The summed E-state index contributed by atoms with van der Waals surface area (Å²) in [6.07, 6.45) is 0. The van der Waals surface area contributed by atoms with Crippen molar-refractivity contribution in [2.45, 2.75) is 0 Å². The van der Waals surface area contributed by atoms with Crippen molar-refractivity contribution in [2.75, 3.05) is 0 Å². The number of aromatic nitrogens is 1. The van der Waals surface area contributed by atoms with E-state index in [0.717, 1.165) is 10.1 Å². The van der Waals surface area contributed by atoms with Gasteiger partial charge in [0.05, 0.1) is 5.52 Å².